The second kappa shape index (κ2) is 4.86. The highest BCUT2D eigenvalue weighted by Crippen LogP contribution is 2.36. The fraction of sp³-hybridized carbons (Fsp3) is 0.643. The smallest absolute Gasteiger partial charge is 0.213 e. The van der Waals surface area contributed by atoms with E-state index in [0.717, 1.165) is 25.1 Å². The van der Waals surface area contributed by atoms with E-state index in [4.69, 9.17) is 10.5 Å². The molecule has 2 saturated heterocycles. The first kappa shape index (κ1) is 11.9. The molecule has 0 saturated carbocycles. The summed E-state index contributed by atoms with van der Waals surface area (Å²) in [5, 5.41) is 0. The van der Waals surface area contributed by atoms with Crippen LogP contribution in [-0.4, -0.2) is 35.1 Å². The van der Waals surface area contributed by atoms with Gasteiger partial charge in [0.05, 0.1) is 12.8 Å². The first-order valence-corrected chi connectivity index (χ1v) is 6.77. The molecule has 0 amide bonds. The number of rotatable bonds is 3. The number of ether oxygens (including phenoxy) is 1. The SMILES string of the molecule is COc1cccc(CN2C3CCC2CC(N)C3)n1. The Labute approximate surface area is 108 Å². The maximum atomic E-state index is 6.09. The van der Waals surface area contributed by atoms with E-state index in [1.54, 1.807) is 7.11 Å². The summed E-state index contributed by atoms with van der Waals surface area (Å²) < 4.78 is 5.18. The second-order valence-electron chi connectivity index (χ2n) is 5.46. The monoisotopic (exact) mass is 247 g/mol. The summed E-state index contributed by atoms with van der Waals surface area (Å²) >= 11 is 0. The molecule has 98 valence electrons. The largest absolute Gasteiger partial charge is 0.481 e. The van der Waals surface area contributed by atoms with E-state index >= 15 is 0 Å². The standard InChI is InChI=1S/C14H21N3O/c1-18-14-4-2-3-11(16-14)9-17-12-5-6-13(17)8-10(15)7-12/h2-4,10,12-13H,5-9,15H2,1H3. The number of hydrogen-bond acceptors (Lipinski definition) is 4. The number of hydrogen-bond donors (Lipinski definition) is 1. The van der Waals surface area contributed by atoms with E-state index in [0.29, 0.717) is 24.0 Å². The lowest BCUT2D eigenvalue weighted by Crippen LogP contribution is -2.46. The molecule has 1 aromatic rings. The van der Waals surface area contributed by atoms with Gasteiger partial charge in [-0.05, 0) is 31.7 Å². The molecule has 0 spiro atoms. The molecular formula is C14H21N3O. The van der Waals surface area contributed by atoms with Crippen molar-refractivity contribution in [2.75, 3.05) is 7.11 Å². The fourth-order valence-corrected chi connectivity index (χ4v) is 3.42. The summed E-state index contributed by atoms with van der Waals surface area (Å²) in [6, 6.07) is 7.70. The maximum absolute atomic E-state index is 6.09. The number of nitrogens with two attached hydrogens (primary N) is 1. The van der Waals surface area contributed by atoms with Crippen LogP contribution in [0.15, 0.2) is 18.2 Å². The number of methoxy groups -OCH3 is 1. The van der Waals surface area contributed by atoms with Crippen LogP contribution in [0, 0.1) is 0 Å². The van der Waals surface area contributed by atoms with Gasteiger partial charge < -0.3 is 10.5 Å². The Morgan fingerprint density at radius 3 is 2.72 bits per heavy atom. The average molecular weight is 247 g/mol. The first-order chi connectivity index (χ1) is 8.76. The third-order valence-electron chi connectivity index (χ3n) is 4.26. The van der Waals surface area contributed by atoms with Crippen LogP contribution >= 0.6 is 0 Å². The lowest BCUT2D eigenvalue weighted by atomic mass is 9.98. The maximum Gasteiger partial charge on any atom is 0.213 e. The second-order valence-corrected chi connectivity index (χ2v) is 5.46. The van der Waals surface area contributed by atoms with Crippen LogP contribution in [0.25, 0.3) is 0 Å². The molecule has 0 aliphatic carbocycles. The number of pyridine rings is 1. The van der Waals surface area contributed by atoms with Crippen molar-refractivity contribution in [2.45, 2.75) is 50.4 Å². The highest BCUT2D eigenvalue weighted by atomic mass is 16.5. The lowest BCUT2D eigenvalue weighted by molar-refractivity contribution is 0.118. The minimum atomic E-state index is 0.400. The molecule has 0 aromatic carbocycles. The minimum absolute atomic E-state index is 0.400. The average Bonchev–Trinajstić information content (AvgIpc) is 2.62. The summed E-state index contributed by atoms with van der Waals surface area (Å²) in [7, 11) is 1.66. The molecule has 18 heavy (non-hydrogen) atoms. The van der Waals surface area contributed by atoms with Gasteiger partial charge in [-0.15, -0.1) is 0 Å². The Hall–Kier alpha value is -1.13. The summed E-state index contributed by atoms with van der Waals surface area (Å²) in [5.41, 5.74) is 7.19. The van der Waals surface area contributed by atoms with Crippen molar-refractivity contribution >= 4 is 0 Å². The Kier molecular flexibility index (Phi) is 3.22. The number of aromatic nitrogens is 1. The van der Waals surface area contributed by atoms with Crippen molar-refractivity contribution in [2.24, 2.45) is 5.73 Å². The van der Waals surface area contributed by atoms with E-state index in [2.05, 4.69) is 16.0 Å². The van der Waals surface area contributed by atoms with E-state index < -0.39 is 0 Å². The van der Waals surface area contributed by atoms with E-state index in [-0.39, 0.29) is 0 Å². The summed E-state index contributed by atoms with van der Waals surface area (Å²) in [4.78, 5) is 7.09. The molecule has 4 heteroatoms. The Morgan fingerprint density at radius 2 is 2.06 bits per heavy atom. The Balaban J connectivity index is 1.73. The fourth-order valence-electron chi connectivity index (χ4n) is 3.42. The van der Waals surface area contributed by atoms with Crippen molar-refractivity contribution in [3.63, 3.8) is 0 Å². The van der Waals surface area contributed by atoms with Gasteiger partial charge in [-0.1, -0.05) is 6.07 Å². The van der Waals surface area contributed by atoms with E-state index in [1.807, 2.05) is 12.1 Å². The van der Waals surface area contributed by atoms with E-state index in [1.165, 1.54) is 12.8 Å². The van der Waals surface area contributed by atoms with Gasteiger partial charge in [-0.25, -0.2) is 4.98 Å². The topological polar surface area (TPSA) is 51.4 Å². The third kappa shape index (κ3) is 2.22. The molecule has 0 radical (unpaired) electrons. The molecular weight excluding hydrogens is 226 g/mol. The van der Waals surface area contributed by atoms with Gasteiger partial charge in [0.1, 0.15) is 0 Å². The molecule has 4 nitrogen and oxygen atoms in total. The van der Waals surface area contributed by atoms with Gasteiger partial charge in [-0.3, -0.25) is 4.90 Å². The van der Waals surface area contributed by atoms with Crippen LogP contribution in [0.2, 0.25) is 0 Å². The molecule has 2 N–H and O–H groups in total. The van der Waals surface area contributed by atoms with Crippen LogP contribution in [-0.2, 0) is 6.54 Å². The molecule has 2 atom stereocenters. The molecule has 2 fully saturated rings. The molecule has 3 heterocycles. The normalized spacial score (nSPS) is 31.6. The van der Waals surface area contributed by atoms with Crippen molar-refractivity contribution in [1.29, 1.82) is 0 Å². The molecule has 3 rings (SSSR count). The number of piperidine rings is 1. The zero-order valence-corrected chi connectivity index (χ0v) is 10.9. The van der Waals surface area contributed by atoms with Gasteiger partial charge in [0, 0.05) is 30.7 Å². The summed E-state index contributed by atoms with van der Waals surface area (Å²) in [6.45, 7) is 0.930. The molecule has 2 aliphatic rings. The molecule has 2 bridgehead atoms. The van der Waals surface area contributed by atoms with Crippen molar-refractivity contribution in [1.82, 2.24) is 9.88 Å². The molecule has 2 aliphatic heterocycles. The van der Waals surface area contributed by atoms with Crippen LogP contribution in [0.4, 0.5) is 0 Å². The molecule has 2 unspecified atom stereocenters. The van der Waals surface area contributed by atoms with Crippen molar-refractivity contribution < 1.29 is 4.74 Å². The van der Waals surface area contributed by atoms with Gasteiger partial charge in [0.15, 0.2) is 0 Å². The first-order valence-electron chi connectivity index (χ1n) is 6.77. The quantitative estimate of drug-likeness (QED) is 0.880. The van der Waals surface area contributed by atoms with Crippen LogP contribution in [0.1, 0.15) is 31.4 Å². The Bertz CT molecular complexity index is 409. The Morgan fingerprint density at radius 1 is 1.33 bits per heavy atom. The zero-order chi connectivity index (χ0) is 12.5. The third-order valence-corrected chi connectivity index (χ3v) is 4.26. The lowest BCUT2D eigenvalue weighted by Gasteiger charge is -2.37. The van der Waals surface area contributed by atoms with Crippen LogP contribution in [0.3, 0.4) is 0 Å². The summed E-state index contributed by atoms with van der Waals surface area (Å²) in [5.74, 6) is 0.702. The van der Waals surface area contributed by atoms with Crippen molar-refractivity contribution in [3.8, 4) is 5.88 Å². The van der Waals surface area contributed by atoms with Crippen LogP contribution in [0.5, 0.6) is 5.88 Å². The van der Waals surface area contributed by atoms with Crippen LogP contribution < -0.4 is 10.5 Å². The van der Waals surface area contributed by atoms with Gasteiger partial charge in [0.2, 0.25) is 5.88 Å². The highest BCUT2D eigenvalue weighted by Gasteiger charge is 2.39. The summed E-state index contributed by atoms with van der Waals surface area (Å²) in [6.07, 6.45) is 4.87. The number of fused-ring (bicyclic) bond motifs is 2. The van der Waals surface area contributed by atoms with Gasteiger partial charge >= 0.3 is 0 Å². The predicted octanol–water partition coefficient (Wildman–Crippen LogP) is 1.54. The van der Waals surface area contributed by atoms with Gasteiger partial charge in [-0.2, -0.15) is 0 Å². The molecule has 1 aromatic heterocycles. The predicted molar refractivity (Wildman–Crippen MR) is 70.4 cm³/mol. The van der Waals surface area contributed by atoms with Gasteiger partial charge in [0.25, 0.3) is 0 Å². The minimum Gasteiger partial charge on any atom is -0.481 e. The zero-order valence-electron chi connectivity index (χ0n) is 10.9. The number of nitrogens with zero attached hydrogens (tertiary/aromatic N) is 2. The van der Waals surface area contributed by atoms with E-state index in [9.17, 15) is 0 Å². The highest BCUT2D eigenvalue weighted by molar-refractivity contribution is 5.16. The van der Waals surface area contributed by atoms with Crippen molar-refractivity contribution in [3.05, 3.63) is 23.9 Å².